The zero-order chi connectivity index (χ0) is 11.7. The van der Waals surface area contributed by atoms with Crippen LogP contribution in [0.15, 0.2) is 0 Å². The van der Waals surface area contributed by atoms with Crippen molar-refractivity contribution < 1.29 is 19.8 Å². The summed E-state index contributed by atoms with van der Waals surface area (Å²) in [7, 11) is 0. The summed E-state index contributed by atoms with van der Waals surface area (Å²) < 4.78 is 0. The van der Waals surface area contributed by atoms with Crippen LogP contribution >= 0.6 is 12.6 Å². The molecule has 0 aromatic carbocycles. The van der Waals surface area contributed by atoms with Crippen LogP contribution in [-0.2, 0) is 9.59 Å². The molecule has 5 heteroatoms. The molecule has 0 spiro atoms. The molecule has 0 aromatic rings. The minimum Gasteiger partial charge on any atom is -0.481 e. The van der Waals surface area contributed by atoms with Gasteiger partial charge in [0.2, 0.25) is 0 Å². The second kappa shape index (κ2) is 8.59. The lowest BCUT2D eigenvalue weighted by atomic mass is 10.0. The minimum atomic E-state index is -1.24. The van der Waals surface area contributed by atoms with Crippen molar-refractivity contribution in [1.82, 2.24) is 0 Å². The van der Waals surface area contributed by atoms with Crippen LogP contribution in [0.1, 0.15) is 38.5 Å². The Morgan fingerprint density at radius 1 is 0.933 bits per heavy atom. The lowest BCUT2D eigenvalue weighted by Gasteiger charge is -2.06. The van der Waals surface area contributed by atoms with E-state index < -0.39 is 17.9 Å². The van der Waals surface area contributed by atoms with E-state index in [4.69, 9.17) is 10.2 Å². The van der Waals surface area contributed by atoms with Crippen molar-refractivity contribution in [2.24, 2.45) is 5.92 Å². The summed E-state index contributed by atoms with van der Waals surface area (Å²) >= 11 is 4.08. The first-order chi connectivity index (χ1) is 7.09. The molecule has 0 radical (unpaired) electrons. The van der Waals surface area contributed by atoms with E-state index in [1.165, 1.54) is 0 Å². The Morgan fingerprint density at radius 3 is 1.87 bits per heavy atom. The highest BCUT2D eigenvalue weighted by Crippen LogP contribution is 2.12. The van der Waals surface area contributed by atoms with Crippen LogP contribution in [0.2, 0.25) is 0 Å². The molecule has 0 fully saturated rings. The van der Waals surface area contributed by atoms with E-state index in [1.54, 1.807) is 0 Å². The van der Waals surface area contributed by atoms with Gasteiger partial charge in [-0.2, -0.15) is 12.6 Å². The zero-order valence-electron chi connectivity index (χ0n) is 8.69. The lowest BCUT2D eigenvalue weighted by Crippen LogP contribution is -2.23. The van der Waals surface area contributed by atoms with Crippen molar-refractivity contribution >= 4 is 24.6 Å². The Kier molecular flexibility index (Phi) is 8.18. The third-order valence-electron chi connectivity index (χ3n) is 2.25. The van der Waals surface area contributed by atoms with E-state index in [1.807, 2.05) is 0 Å². The third-order valence-corrected chi connectivity index (χ3v) is 2.56. The second-order valence-electron chi connectivity index (χ2n) is 3.51. The molecule has 15 heavy (non-hydrogen) atoms. The highest BCUT2D eigenvalue weighted by atomic mass is 32.1. The first-order valence-corrected chi connectivity index (χ1v) is 5.79. The van der Waals surface area contributed by atoms with Crippen LogP contribution in [0, 0.1) is 5.92 Å². The fraction of sp³-hybridized carbons (Fsp3) is 0.800. The SMILES string of the molecule is O=C(O)C(CCCCCCCS)C(=O)O. The van der Waals surface area contributed by atoms with Gasteiger partial charge in [0, 0.05) is 0 Å². The molecule has 0 heterocycles. The molecule has 0 bridgehead atoms. The molecule has 88 valence electrons. The topological polar surface area (TPSA) is 74.6 Å². The first-order valence-electron chi connectivity index (χ1n) is 5.16. The van der Waals surface area contributed by atoms with Crippen LogP contribution in [0.3, 0.4) is 0 Å². The van der Waals surface area contributed by atoms with E-state index in [9.17, 15) is 9.59 Å². The number of hydrogen-bond acceptors (Lipinski definition) is 3. The number of thiol groups is 1. The fourth-order valence-corrected chi connectivity index (χ4v) is 1.57. The van der Waals surface area contributed by atoms with Gasteiger partial charge in [-0.3, -0.25) is 9.59 Å². The van der Waals surface area contributed by atoms with Crippen molar-refractivity contribution in [2.75, 3.05) is 5.75 Å². The number of hydrogen-bond donors (Lipinski definition) is 3. The average molecular weight is 234 g/mol. The molecule has 0 rings (SSSR count). The van der Waals surface area contributed by atoms with Crippen molar-refractivity contribution in [3.63, 3.8) is 0 Å². The monoisotopic (exact) mass is 234 g/mol. The Hall–Kier alpha value is -0.710. The number of carboxylic acids is 2. The molecule has 0 aliphatic rings. The molecule has 2 N–H and O–H groups in total. The second-order valence-corrected chi connectivity index (χ2v) is 3.96. The van der Waals surface area contributed by atoms with Gasteiger partial charge in [0.15, 0.2) is 5.92 Å². The molecule has 0 aliphatic carbocycles. The average Bonchev–Trinajstić information content (AvgIpc) is 2.15. The van der Waals surface area contributed by atoms with E-state index in [0.29, 0.717) is 6.42 Å². The van der Waals surface area contributed by atoms with Crippen molar-refractivity contribution in [1.29, 1.82) is 0 Å². The molecule has 0 saturated carbocycles. The standard InChI is InChI=1S/C10H18O4S/c11-9(12)8(10(13)14)6-4-2-1-3-5-7-15/h8,15H,1-7H2,(H,11,12)(H,13,14). The number of carbonyl (C=O) groups is 2. The highest BCUT2D eigenvalue weighted by Gasteiger charge is 2.24. The maximum absolute atomic E-state index is 10.5. The van der Waals surface area contributed by atoms with E-state index in [-0.39, 0.29) is 6.42 Å². The van der Waals surface area contributed by atoms with Gasteiger partial charge in [0.1, 0.15) is 0 Å². The third kappa shape index (κ3) is 7.25. The normalized spacial score (nSPS) is 10.5. The molecular weight excluding hydrogens is 216 g/mol. The maximum Gasteiger partial charge on any atom is 0.317 e. The molecule has 0 unspecified atom stereocenters. The summed E-state index contributed by atoms with van der Waals surface area (Å²) in [5.41, 5.74) is 0. The van der Waals surface area contributed by atoms with E-state index in [0.717, 1.165) is 31.4 Å². The molecule has 0 atom stereocenters. The van der Waals surface area contributed by atoms with Crippen molar-refractivity contribution in [3.05, 3.63) is 0 Å². The zero-order valence-corrected chi connectivity index (χ0v) is 9.58. The Bertz CT molecular complexity index is 192. The summed E-state index contributed by atoms with van der Waals surface area (Å²) in [4.78, 5) is 21.0. The molecule has 0 amide bonds. The van der Waals surface area contributed by atoms with Crippen LogP contribution in [0.25, 0.3) is 0 Å². The molecule has 0 aromatic heterocycles. The molecule has 0 saturated heterocycles. The van der Waals surface area contributed by atoms with Gasteiger partial charge in [-0.05, 0) is 18.6 Å². The van der Waals surface area contributed by atoms with E-state index >= 15 is 0 Å². The summed E-state index contributed by atoms with van der Waals surface area (Å²) in [6.07, 6.45) is 4.94. The number of rotatable bonds is 9. The lowest BCUT2D eigenvalue weighted by molar-refractivity contribution is -0.154. The molecule has 0 aliphatic heterocycles. The van der Waals surface area contributed by atoms with Gasteiger partial charge in [-0.25, -0.2) is 0 Å². The number of aliphatic carboxylic acids is 2. The van der Waals surface area contributed by atoms with Crippen molar-refractivity contribution in [2.45, 2.75) is 38.5 Å². The van der Waals surface area contributed by atoms with Crippen molar-refractivity contribution in [3.8, 4) is 0 Å². The quantitative estimate of drug-likeness (QED) is 0.324. The maximum atomic E-state index is 10.5. The van der Waals surface area contributed by atoms with Crippen LogP contribution in [-0.4, -0.2) is 27.9 Å². The largest absolute Gasteiger partial charge is 0.481 e. The van der Waals surface area contributed by atoms with Crippen LogP contribution in [0.4, 0.5) is 0 Å². The predicted molar refractivity (Wildman–Crippen MR) is 60.3 cm³/mol. The fourth-order valence-electron chi connectivity index (χ4n) is 1.34. The molecule has 4 nitrogen and oxygen atoms in total. The van der Waals surface area contributed by atoms with Gasteiger partial charge in [-0.15, -0.1) is 0 Å². The van der Waals surface area contributed by atoms with Gasteiger partial charge >= 0.3 is 11.9 Å². The van der Waals surface area contributed by atoms with Gasteiger partial charge in [-0.1, -0.05) is 25.7 Å². The Morgan fingerprint density at radius 2 is 1.40 bits per heavy atom. The molecular formula is C10H18O4S. The van der Waals surface area contributed by atoms with Gasteiger partial charge in [0.05, 0.1) is 0 Å². The van der Waals surface area contributed by atoms with Crippen LogP contribution in [0.5, 0.6) is 0 Å². The highest BCUT2D eigenvalue weighted by molar-refractivity contribution is 7.80. The number of carboxylic acid groups (broad SMARTS) is 2. The first kappa shape index (κ1) is 14.3. The number of unbranched alkanes of at least 4 members (excludes halogenated alkanes) is 4. The summed E-state index contributed by atoms with van der Waals surface area (Å²) in [5.74, 6) is -2.85. The van der Waals surface area contributed by atoms with Crippen LogP contribution < -0.4 is 0 Å². The Labute approximate surface area is 95.1 Å². The van der Waals surface area contributed by atoms with Gasteiger partial charge in [0.25, 0.3) is 0 Å². The summed E-state index contributed by atoms with van der Waals surface area (Å²) in [6.45, 7) is 0. The minimum absolute atomic E-state index is 0.228. The Balaban J connectivity index is 3.55. The van der Waals surface area contributed by atoms with Gasteiger partial charge < -0.3 is 10.2 Å². The smallest absolute Gasteiger partial charge is 0.317 e. The summed E-state index contributed by atoms with van der Waals surface area (Å²) in [5, 5.41) is 17.2. The predicted octanol–water partition coefficient (Wildman–Crippen LogP) is 2.04. The van der Waals surface area contributed by atoms with E-state index in [2.05, 4.69) is 12.6 Å². The summed E-state index contributed by atoms with van der Waals surface area (Å²) in [6, 6.07) is 0.